The average Bonchev–Trinajstić information content (AvgIpc) is 2.64. The molecule has 2 heterocycles. The van der Waals surface area contributed by atoms with Crippen LogP contribution in [0.4, 0.5) is 10.6 Å². The van der Waals surface area contributed by atoms with Crippen molar-refractivity contribution in [2.75, 3.05) is 25.5 Å². The minimum Gasteiger partial charge on any atom is -0.444 e. The molecule has 0 bridgehead atoms. The van der Waals surface area contributed by atoms with Gasteiger partial charge in [-0.05, 0) is 64.8 Å². The van der Waals surface area contributed by atoms with Gasteiger partial charge in [-0.1, -0.05) is 0 Å². The maximum atomic E-state index is 11.9. The van der Waals surface area contributed by atoms with Gasteiger partial charge >= 0.3 is 6.09 Å². The molecule has 0 unspecified atom stereocenters. The Kier molecular flexibility index (Phi) is 5.26. The van der Waals surface area contributed by atoms with Crippen molar-refractivity contribution in [1.82, 2.24) is 9.88 Å². The molecule has 1 saturated heterocycles. The van der Waals surface area contributed by atoms with Crippen LogP contribution in [0.15, 0.2) is 12.1 Å². The van der Waals surface area contributed by atoms with Crippen LogP contribution in [0, 0.1) is 12.8 Å². The van der Waals surface area contributed by atoms with E-state index in [1.807, 2.05) is 39.8 Å². The fourth-order valence-electron chi connectivity index (χ4n) is 2.92. The molecule has 0 saturated carbocycles. The molecule has 0 aliphatic carbocycles. The summed E-state index contributed by atoms with van der Waals surface area (Å²) in [6, 6.07) is 4.06. The van der Waals surface area contributed by atoms with Crippen molar-refractivity contribution >= 4 is 11.9 Å². The second-order valence-electron chi connectivity index (χ2n) is 7.50. The van der Waals surface area contributed by atoms with Crippen molar-refractivity contribution in [3.63, 3.8) is 0 Å². The number of carbonyl (C=O) groups excluding carboxylic acids is 1. The number of nitrogens with one attached hydrogen (secondary N) is 1. The first-order chi connectivity index (χ1) is 10.6. The highest BCUT2D eigenvalue weighted by Crippen LogP contribution is 2.20. The predicted octanol–water partition coefficient (Wildman–Crippen LogP) is 2.17. The van der Waals surface area contributed by atoms with Crippen molar-refractivity contribution in [3.8, 4) is 0 Å². The average molecular weight is 320 g/mol. The van der Waals surface area contributed by atoms with Gasteiger partial charge in [-0.25, -0.2) is 9.78 Å². The fourth-order valence-corrected chi connectivity index (χ4v) is 2.92. The summed E-state index contributed by atoms with van der Waals surface area (Å²) < 4.78 is 5.27. The van der Waals surface area contributed by atoms with Crippen molar-refractivity contribution in [2.24, 2.45) is 11.7 Å². The third kappa shape index (κ3) is 5.48. The van der Waals surface area contributed by atoms with Crippen LogP contribution < -0.4 is 11.1 Å². The molecule has 1 fully saturated rings. The summed E-state index contributed by atoms with van der Waals surface area (Å²) in [5.41, 5.74) is 7.66. The Morgan fingerprint density at radius 2 is 2.13 bits per heavy atom. The van der Waals surface area contributed by atoms with Gasteiger partial charge in [-0.2, -0.15) is 0 Å². The molecule has 0 spiro atoms. The largest absolute Gasteiger partial charge is 0.444 e. The third-order valence-corrected chi connectivity index (χ3v) is 3.80. The van der Waals surface area contributed by atoms with Crippen LogP contribution in [0.3, 0.4) is 0 Å². The predicted molar refractivity (Wildman–Crippen MR) is 91.5 cm³/mol. The second-order valence-corrected chi connectivity index (χ2v) is 7.50. The molecule has 6 heteroatoms. The summed E-state index contributed by atoms with van der Waals surface area (Å²) in [4.78, 5) is 18.7. The van der Waals surface area contributed by atoms with E-state index in [1.54, 1.807) is 0 Å². The number of carbonyl (C=O) groups is 1. The number of anilines is 1. The smallest absolute Gasteiger partial charge is 0.413 e. The molecule has 2 rings (SSSR count). The van der Waals surface area contributed by atoms with E-state index in [2.05, 4.69) is 22.2 Å². The molecular weight excluding hydrogens is 292 g/mol. The maximum absolute atomic E-state index is 11.9. The summed E-state index contributed by atoms with van der Waals surface area (Å²) in [7, 11) is 2.08. The first-order valence-electron chi connectivity index (χ1n) is 8.04. The quantitative estimate of drug-likeness (QED) is 0.892. The number of pyridine rings is 1. The number of nitrogens with zero attached hydrogens (tertiary/aromatic N) is 2. The Labute approximate surface area is 138 Å². The van der Waals surface area contributed by atoms with Crippen molar-refractivity contribution in [1.29, 1.82) is 0 Å². The lowest BCUT2D eigenvalue weighted by Gasteiger charge is -2.20. The number of nitrogens with two attached hydrogens (primary N) is 1. The highest BCUT2D eigenvalue weighted by molar-refractivity contribution is 5.83. The van der Waals surface area contributed by atoms with Crippen LogP contribution in [-0.2, 0) is 11.2 Å². The van der Waals surface area contributed by atoms with E-state index in [1.165, 1.54) is 0 Å². The number of likely N-dealkylation sites (N-methyl/N-ethyl adjacent to an activating group) is 1. The lowest BCUT2D eigenvalue weighted by molar-refractivity contribution is 0.0635. The van der Waals surface area contributed by atoms with Gasteiger partial charge < -0.3 is 15.4 Å². The van der Waals surface area contributed by atoms with Gasteiger partial charge in [-0.15, -0.1) is 0 Å². The molecule has 1 aliphatic heterocycles. The van der Waals surface area contributed by atoms with Gasteiger partial charge in [0.1, 0.15) is 11.4 Å². The number of amides is 1. The van der Waals surface area contributed by atoms with Crippen molar-refractivity contribution in [3.05, 3.63) is 23.4 Å². The summed E-state index contributed by atoms with van der Waals surface area (Å²) >= 11 is 0. The number of rotatable bonds is 3. The van der Waals surface area contributed by atoms with Crippen LogP contribution in [0.2, 0.25) is 0 Å². The van der Waals surface area contributed by atoms with Crippen LogP contribution in [0.1, 0.15) is 32.0 Å². The first-order valence-corrected chi connectivity index (χ1v) is 8.04. The lowest BCUT2D eigenvalue weighted by Crippen LogP contribution is -2.30. The number of hydrogen-bond acceptors (Lipinski definition) is 5. The topological polar surface area (TPSA) is 80.5 Å². The molecule has 1 aromatic heterocycles. The number of likely N-dealkylation sites (tertiary alicyclic amines) is 1. The molecule has 1 aliphatic rings. The van der Waals surface area contributed by atoms with Crippen LogP contribution >= 0.6 is 0 Å². The van der Waals surface area contributed by atoms with E-state index in [4.69, 9.17) is 10.5 Å². The van der Waals surface area contributed by atoms with Gasteiger partial charge in [0.25, 0.3) is 0 Å². The number of ether oxygens (including phenoxy) is 1. The van der Waals surface area contributed by atoms with Crippen LogP contribution in [0.25, 0.3) is 0 Å². The van der Waals surface area contributed by atoms with Gasteiger partial charge in [0.2, 0.25) is 0 Å². The number of hydrogen-bond donors (Lipinski definition) is 2. The van der Waals surface area contributed by atoms with Crippen LogP contribution in [0.5, 0.6) is 0 Å². The van der Waals surface area contributed by atoms with Gasteiger partial charge in [0, 0.05) is 24.8 Å². The van der Waals surface area contributed by atoms with E-state index in [-0.39, 0.29) is 6.04 Å². The molecule has 23 heavy (non-hydrogen) atoms. The number of aryl methyl sites for hydroxylation is 1. The van der Waals surface area contributed by atoms with E-state index in [0.29, 0.717) is 11.7 Å². The van der Waals surface area contributed by atoms with E-state index < -0.39 is 11.7 Å². The zero-order valence-electron chi connectivity index (χ0n) is 14.7. The molecule has 0 aromatic carbocycles. The SMILES string of the molecule is Cc1cc(C[C@H]2CN(C)C[C@H]2N)nc(NC(=O)OC(C)(C)C)c1. The molecule has 0 radical (unpaired) electrons. The maximum Gasteiger partial charge on any atom is 0.413 e. The highest BCUT2D eigenvalue weighted by Gasteiger charge is 2.28. The second kappa shape index (κ2) is 6.84. The summed E-state index contributed by atoms with van der Waals surface area (Å²) in [6.07, 6.45) is 0.328. The molecule has 1 amide bonds. The zero-order chi connectivity index (χ0) is 17.2. The monoisotopic (exact) mass is 320 g/mol. The van der Waals surface area contributed by atoms with Crippen molar-refractivity contribution in [2.45, 2.75) is 45.8 Å². The Bertz CT molecular complexity index is 568. The van der Waals surface area contributed by atoms with Gasteiger partial charge in [-0.3, -0.25) is 5.32 Å². The molecule has 3 N–H and O–H groups in total. The summed E-state index contributed by atoms with van der Waals surface area (Å²) in [5, 5.41) is 2.71. The fraction of sp³-hybridized carbons (Fsp3) is 0.647. The minimum atomic E-state index is -0.530. The molecule has 1 aromatic rings. The lowest BCUT2D eigenvalue weighted by atomic mass is 9.98. The summed E-state index contributed by atoms with van der Waals surface area (Å²) in [6.45, 7) is 9.39. The molecule has 2 atom stereocenters. The first kappa shape index (κ1) is 17.7. The van der Waals surface area contributed by atoms with E-state index in [9.17, 15) is 4.79 Å². The molecule has 128 valence electrons. The van der Waals surface area contributed by atoms with E-state index >= 15 is 0 Å². The molecular formula is C17H28N4O2. The Hall–Kier alpha value is -1.66. The Balaban J connectivity index is 2.05. The third-order valence-electron chi connectivity index (χ3n) is 3.80. The van der Waals surface area contributed by atoms with Gasteiger partial charge in [0.05, 0.1) is 0 Å². The Morgan fingerprint density at radius 3 is 2.70 bits per heavy atom. The van der Waals surface area contributed by atoms with Crippen LogP contribution in [-0.4, -0.2) is 47.8 Å². The minimum absolute atomic E-state index is 0.171. The highest BCUT2D eigenvalue weighted by atomic mass is 16.6. The number of aromatic nitrogens is 1. The normalized spacial score (nSPS) is 22.2. The Morgan fingerprint density at radius 1 is 1.43 bits per heavy atom. The van der Waals surface area contributed by atoms with Crippen molar-refractivity contribution < 1.29 is 9.53 Å². The zero-order valence-corrected chi connectivity index (χ0v) is 14.7. The molecule has 6 nitrogen and oxygen atoms in total. The van der Waals surface area contributed by atoms with Gasteiger partial charge in [0.15, 0.2) is 0 Å². The van der Waals surface area contributed by atoms with E-state index in [0.717, 1.165) is 30.8 Å². The summed E-state index contributed by atoms with van der Waals surface area (Å²) in [5.74, 6) is 0.915. The standard InChI is InChI=1S/C17H28N4O2/c1-11-6-13(8-12-9-21(5)10-14(12)18)19-15(7-11)20-16(22)23-17(2,3)4/h6-7,12,14H,8-10,18H2,1-5H3,(H,19,20,22)/t12-,14+/m0/s1.